The van der Waals surface area contributed by atoms with Gasteiger partial charge in [0.2, 0.25) is 11.9 Å². The Balaban J connectivity index is 2.31. The number of hydrogen-bond donors (Lipinski definition) is 3. The average molecular weight is 278 g/mol. The average Bonchev–Trinajstić information content (AvgIpc) is 2.61. The van der Waals surface area contributed by atoms with E-state index in [9.17, 15) is 13.2 Å². The maximum Gasteiger partial charge on any atom is 0.416 e. The number of H-pyrrole nitrogens is 1. The molecule has 0 amide bonds. The van der Waals surface area contributed by atoms with E-state index in [1.165, 1.54) is 6.07 Å². The Morgan fingerprint density at radius 3 is 2.56 bits per heavy atom. The molecule has 1 aromatic carbocycles. The minimum absolute atomic E-state index is 0.0455. The second-order valence-corrected chi connectivity index (χ2v) is 3.83. The molecule has 0 saturated carbocycles. The molecule has 96 valence electrons. The third-order valence-corrected chi connectivity index (χ3v) is 2.20. The Morgan fingerprint density at radius 1 is 1.28 bits per heavy atom. The number of benzene rings is 1. The fourth-order valence-corrected chi connectivity index (χ4v) is 1.52. The van der Waals surface area contributed by atoms with Gasteiger partial charge in [-0.2, -0.15) is 18.2 Å². The zero-order chi connectivity index (χ0) is 13.3. The molecule has 0 radical (unpaired) electrons. The zero-order valence-electron chi connectivity index (χ0n) is 8.72. The van der Waals surface area contributed by atoms with Crippen LogP contribution in [0.1, 0.15) is 5.56 Å². The number of aromatic nitrogens is 3. The number of nitrogens with one attached hydrogen (secondary N) is 2. The summed E-state index contributed by atoms with van der Waals surface area (Å²) in [5.41, 5.74) is 4.55. The van der Waals surface area contributed by atoms with Crippen molar-refractivity contribution in [3.05, 3.63) is 28.8 Å². The summed E-state index contributed by atoms with van der Waals surface area (Å²) in [5.74, 6) is 0.110. The molecule has 0 atom stereocenters. The van der Waals surface area contributed by atoms with Crippen molar-refractivity contribution in [2.75, 3.05) is 11.1 Å². The SMILES string of the molecule is Nc1nc(Nc2cc(Cl)cc(C(F)(F)F)c2)n[nH]1. The lowest BCUT2D eigenvalue weighted by atomic mass is 10.2. The van der Waals surface area contributed by atoms with Gasteiger partial charge in [0.05, 0.1) is 5.56 Å². The second-order valence-electron chi connectivity index (χ2n) is 3.40. The van der Waals surface area contributed by atoms with E-state index in [1.807, 2.05) is 0 Å². The summed E-state index contributed by atoms with van der Waals surface area (Å²) in [6, 6.07) is 3.06. The molecular weight excluding hydrogens is 271 g/mol. The fourth-order valence-electron chi connectivity index (χ4n) is 1.28. The first-order valence-electron chi connectivity index (χ1n) is 4.67. The quantitative estimate of drug-likeness (QED) is 0.788. The number of nitrogens with zero attached hydrogens (tertiary/aromatic N) is 2. The minimum atomic E-state index is -4.47. The number of rotatable bonds is 2. The molecule has 5 nitrogen and oxygen atoms in total. The van der Waals surface area contributed by atoms with Gasteiger partial charge < -0.3 is 11.1 Å². The highest BCUT2D eigenvalue weighted by atomic mass is 35.5. The van der Waals surface area contributed by atoms with Crippen LogP contribution in [0.4, 0.5) is 30.8 Å². The van der Waals surface area contributed by atoms with E-state index in [0.29, 0.717) is 0 Å². The maximum atomic E-state index is 12.5. The van der Waals surface area contributed by atoms with Gasteiger partial charge in [0.15, 0.2) is 0 Å². The monoisotopic (exact) mass is 277 g/mol. The van der Waals surface area contributed by atoms with Gasteiger partial charge in [-0.1, -0.05) is 11.6 Å². The largest absolute Gasteiger partial charge is 0.416 e. The number of alkyl halides is 3. The Morgan fingerprint density at radius 2 is 2.00 bits per heavy atom. The molecule has 0 aliphatic rings. The molecule has 0 fully saturated rings. The van der Waals surface area contributed by atoms with Crippen molar-refractivity contribution in [2.24, 2.45) is 0 Å². The Bertz CT molecular complexity index is 566. The number of nitrogen functional groups attached to an aromatic ring is 1. The molecule has 0 bridgehead atoms. The lowest BCUT2D eigenvalue weighted by Crippen LogP contribution is -2.05. The molecule has 4 N–H and O–H groups in total. The van der Waals surface area contributed by atoms with Crippen molar-refractivity contribution >= 4 is 29.2 Å². The van der Waals surface area contributed by atoms with Gasteiger partial charge in [0, 0.05) is 10.7 Å². The topological polar surface area (TPSA) is 79.6 Å². The van der Waals surface area contributed by atoms with Crippen molar-refractivity contribution in [3.8, 4) is 0 Å². The molecule has 1 aromatic heterocycles. The summed E-state index contributed by atoms with van der Waals surface area (Å²) in [6.07, 6.45) is -4.47. The maximum absolute atomic E-state index is 12.5. The van der Waals surface area contributed by atoms with Crippen molar-refractivity contribution in [3.63, 3.8) is 0 Å². The lowest BCUT2D eigenvalue weighted by molar-refractivity contribution is -0.137. The number of anilines is 3. The van der Waals surface area contributed by atoms with E-state index < -0.39 is 11.7 Å². The van der Waals surface area contributed by atoms with Crippen molar-refractivity contribution in [2.45, 2.75) is 6.18 Å². The van der Waals surface area contributed by atoms with Gasteiger partial charge in [-0.3, -0.25) is 0 Å². The van der Waals surface area contributed by atoms with E-state index in [1.54, 1.807) is 0 Å². The normalized spacial score (nSPS) is 11.6. The highest BCUT2D eigenvalue weighted by Crippen LogP contribution is 2.33. The van der Waals surface area contributed by atoms with Crippen molar-refractivity contribution in [1.29, 1.82) is 0 Å². The minimum Gasteiger partial charge on any atom is -0.368 e. The standard InChI is InChI=1S/C9H7ClF3N5/c10-5-1-4(9(11,12)13)2-6(3-5)15-8-16-7(14)17-18-8/h1-3H,(H4,14,15,16,17,18). The molecule has 0 unspecified atom stereocenters. The molecule has 0 aliphatic heterocycles. The summed E-state index contributed by atoms with van der Waals surface area (Å²) in [5, 5.41) is 8.50. The molecular formula is C9H7ClF3N5. The Kier molecular flexibility index (Phi) is 3.04. The molecule has 0 aliphatic carbocycles. The van der Waals surface area contributed by atoms with Crippen LogP contribution in [0.5, 0.6) is 0 Å². The van der Waals surface area contributed by atoms with Gasteiger partial charge in [-0.25, -0.2) is 5.10 Å². The lowest BCUT2D eigenvalue weighted by Gasteiger charge is -2.09. The van der Waals surface area contributed by atoms with Crippen LogP contribution in [-0.4, -0.2) is 15.2 Å². The predicted octanol–water partition coefficient (Wildman–Crippen LogP) is 2.80. The van der Waals surface area contributed by atoms with Gasteiger partial charge in [-0.05, 0) is 18.2 Å². The van der Waals surface area contributed by atoms with Crippen LogP contribution in [0.25, 0.3) is 0 Å². The van der Waals surface area contributed by atoms with Gasteiger partial charge in [-0.15, -0.1) is 5.10 Å². The van der Waals surface area contributed by atoms with E-state index in [4.69, 9.17) is 17.3 Å². The Labute approximate surface area is 104 Å². The van der Waals surface area contributed by atoms with Crippen LogP contribution in [0, 0.1) is 0 Å². The molecule has 18 heavy (non-hydrogen) atoms. The van der Waals surface area contributed by atoms with Crippen molar-refractivity contribution in [1.82, 2.24) is 15.2 Å². The molecule has 1 heterocycles. The smallest absolute Gasteiger partial charge is 0.368 e. The van der Waals surface area contributed by atoms with Gasteiger partial charge in [0.1, 0.15) is 0 Å². The highest BCUT2D eigenvalue weighted by Gasteiger charge is 2.31. The van der Waals surface area contributed by atoms with E-state index in [-0.39, 0.29) is 22.6 Å². The summed E-state index contributed by atoms with van der Waals surface area (Å²) in [4.78, 5) is 3.70. The number of hydrogen-bond acceptors (Lipinski definition) is 4. The summed E-state index contributed by atoms with van der Waals surface area (Å²) in [6.45, 7) is 0. The summed E-state index contributed by atoms with van der Waals surface area (Å²) in [7, 11) is 0. The molecule has 2 rings (SSSR count). The predicted molar refractivity (Wildman–Crippen MR) is 60.5 cm³/mol. The summed E-state index contributed by atoms with van der Waals surface area (Å²) >= 11 is 5.61. The first kappa shape index (κ1) is 12.5. The van der Waals surface area contributed by atoms with Crippen LogP contribution < -0.4 is 11.1 Å². The van der Waals surface area contributed by atoms with Crippen LogP contribution in [-0.2, 0) is 6.18 Å². The first-order chi connectivity index (χ1) is 8.34. The molecule has 0 saturated heterocycles. The van der Waals surface area contributed by atoms with E-state index in [2.05, 4.69) is 20.5 Å². The second kappa shape index (κ2) is 4.37. The third-order valence-electron chi connectivity index (χ3n) is 1.98. The van der Waals surface area contributed by atoms with Crippen LogP contribution in [0.2, 0.25) is 5.02 Å². The Hall–Kier alpha value is -1.96. The molecule has 9 heteroatoms. The molecule has 2 aromatic rings. The number of nitrogens with two attached hydrogens (primary N) is 1. The zero-order valence-corrected chi connectivity index (χ0v) is 9.47. The van der Waals surface area contributed by atoms with Crippen LogP contribution >= 0.6 is 11.6 Å². The number of aromatic amines is 1. The van der Waals surface area contributed by atoms with E-state index >= 15 is 0 Å². The fraction of sp³-hybridized carbons (Fsp3) is 0.111. The molecule has 0 spiro atoms. The third kappa shape index (κ3) is 2.83. The van der Waals surface area contributed by atoms with Gasteiger partial charge in [0.25, 0.3) is 0 Å². The van der Waals surface area contributed by atoms with E-state index in [0.717, 1.165) is 12.1 Å². The van der Waals surface area contributed by atoms with Crippen LogP contribution in [0.15, 0.2) is 18.2 Å². The van der Waals surface area contributed by atoms with Crippen molar-refractivity contribution < 1.29 is 13.2 Å². The highest BCUT2D eigenvalue weighted by molar-refractivity contribution is 6.31. The van der Waals surface area contributed by atoms with Crippen LogP contribution in [0.3, 0.4) is 0 Å². The number of halogens is 4. The first-order valence-corrected chi connectivity index (χ1v) is 5.05. The van der Waals surface area contributed by atoms with Gasteiger partial charge >= 0.3 is 6.18 Å². The summed E-state index contributed by atoms with van der Waals surface area (Å²) < 4.78 is 37.6.